The third-order valence-corrected chi connectivity index (χ3v) is 1.92. The van der Waals surface area contributed by atoms with Crippen molar-refractivity contribution in [2.45, 2.75) is 25.7 Å². The van der Waals surface area contributed by atoms with Crippen molar-refractivity contribution in [1.82, 2.24) is 0 Å². The maximum Gasteiger partial charge on any atom is 0.518 e. The molecule has 0 saturated carbocycles. The van der Waals surface area contributed by atoms with Crippen molar-refractivity contribution in [1.29, 1.82) is 0 Å². The zero-order valence-electron chi connectivity index (χ0n) is 6.88. The van der Waals surface area contributed by atoms with Gasteiger partial charge in [-0.15, -0.1) is 0 Å². The maximum absolute atomic E-state index is 6.80. The summed E-state index contributed by atoms with van der Waals surface area (Å²) in [4.78, 5) is 6.44. The van der Waals surface area contributed by atoms with Crippen LogP contribution in [0.15, 0.2) is 23.5 Å². The van der Waals surface area contributed by atoms with E-state index in [1.807, 2.05) is 0 Å². The molecule has 60 valence electrons. The second kappa shape index (κ2) is 4.36. The van der Waals surface area contributed by atoms with E-state index in [2.05, 4.69) is 21.8 Å². The molecule has 0 fully saturated rings. The Labute approximate surface area is 72.8 Å². The number of hydrogen-bond acceptors (Lipinski definition) is 0. The number of allylic oxidation sites excluding steroid dienone is 3. The standard InChI is InChI=1S/C10H10N2/c1-11-10(12-2)9-7-5-3-4-6-8-9/h3-4H,5-8H2. The molecule has 0 aromatic carbocycles. The van der Waals surface area contributed by atoms with Gasteiger partial charge in [0.05, 0.1) is 0 Å². The van der Waals surface area contributed by atoms with Gasteiger partial charge in [-0.05, 0) is 25.7 Å². The molecule has 0 bridgehead atoms. The Morgan fingerprint density at radius 1 is 1.08 bits per heavy atom. The summed E-state index contributed by atoms with van der Waals surface area (Å²) in [7, 11) is 0. The quantitative estimate of drug-likeness (QED) is 0.378. The Kier molecular flexibility index (Phi) is 3.11. The zero-order valence-corrected chi connectivity index (χ0v) is 6.88. The van der Waals surface area contributed by atoms with E-state index < -0.39 is 0 Å². The molecule has 0 saturated heterocycles. The lowest BCUT2D eigenvalue weighted by molar-refractivity contribution is 0.889. The molecule has 0 heterocycles. The monoisotopic (exact) mass is 158 g/mol. The van der Waals surface area contributed by atoms with Crippen molar-refractivity contribution in [2.24, 2.45) is 0 Å². The summed E-state index contributed by atoms with van der Waals surface area (Å²) in [5.41, 5.74) is 1.03. The summed E-state index contributed by atoms with van der Waals surface area (Å²) in [6.07, 6.45) is 7.97. The van der Waals surface area contributed by atoms with Crippen LogP contribution in [-0.2, 0) is 0 Å². The fraction of sp³-hybridized carbons (Fsp3) is 0.400. The first kappa shape index (κ1) is 8.56. The lowest BCUT2D eigenvalue weighted by Crippen LogP contribution is -1.83. The largest absolute Gasteiger partial charge is 0.518 e. The Morgan fingerprint density at radius 3 is 2.00 bits per heavy atom. The molecule has 0 unspecified atom stereocenters. The summed E-state index contributed by atoms with van der Waals surface area (Å²) in [5, 5.41) is 0. The first-order chi connectivity index (χ1) is 5.88. The van der Waals surface area contributed by atoms with Crippen LogP contribution in [0.1, 0.15) is 25.7 Å². The van der Waals surface area contributed by atoms with Crippen LogP contribution in [0.4, 0.5) is 0 Å². The zero-order chi connectivity index (χ0) is 8.81. The minimum Gasteiger partial charge on any atom is -0.154 e. The van der Waals surface area contributed by atoms with E-state index in [1.165, 1.54) is 0 Å². The van der Waals surface area contributed by atoms with Crippen molar-refractivity contribution in [3.8, 4) is 0 Å². The number of hydrogen-bond donors (Lipinski definition) is 0. The predicted octanol–water partition coefficient (Wildman–Crippen LogP) is 3.17. The highest BCUT2D eigenvalue weighted by Gasteiger charge is 2.13. The second-order valence-electron chi connectivity index (χ2n) is 2.70. The SMILES string of the molecule is [C-]#[N+]C([N+]#[C-])=C1CCC=CCC1. The van der Waals surface area contributed by atoms with E-state index in [0.717, 1.165) is 31.3 Å². The summed E-state index contributed by atoms with van der Waals surface area (Å²) < 4.78 is 0. The normalized spacial score (nSPS) is 16.0. The smallest absolute Gasteiger partial charge is 0.154 e. The molecule has 0 aromatic rings. The molecule has 0 spiro atoms. The van der Waals surface area contributed by atoms with Crippen molar-refractivity contribution in [2.75, 3.05) is 0 Å². The molecule has 2 heteroatoms. The molecule has 2 nitrogen and oxygen atoms in total. The molecule has 12 heavy (non-hydrogen) atoms. The van der Waals surface area contributed by atoms with E-state index in [4.69, 9.17) is 13.1 Å². The molecule has 1 aliphatic carbocycles. The average Bonchev–Trinajstić information content (AvgIpc) is 2.35. The molecule has 0 atom stereocenters. The third kappa shape index (κ3) is 1.97. The van der Waals surface area contributed by atoms with Crippen LogP contribution in [0.3, 0.4) is 0 Å². The van der Waals surface area contributed by atoms with E-state index in [1.54, 1.807) is 0 Å². The van der Waals surface area contributed by atoms with Crippen LogP contribution in [0.25, 0.3) is 9.69 Å². The van der Waals surface area contributed by atoms with Crippen LogP contribution < -0.4 is 0 Å². The maximum atomic E-state index is 6.80. The van der Waals surface area contributed by atoms with Crippen LogP contribution in [-0.4, -0.2) is 0 Å². The molecular weight excluding hydrogens is 148 g/mol. The molecule has 0 aromatic heterocycles. The van der Waals surface area contributed by atoms with Crippen molar-refractivity contribution < 1.29 is 0 Å². The van der Waals surface area contributed by atoms with Crippen LogP contribution in [0, 0.1) is 13.1 Å². The molecule has 1 rings (SSSR count). The molecule has 0 radical (unpaired) electrons. The molecule has 0 N–H and O–H groups in total. The molecular formula is C10H10N2. The topological polar surface area (TPSA) is 8.72 Å². The third-order valence-electron chi connectivity index (χ3n) is 1.92. The second-order valence-corrected chi connectivity index (χ2v) is 2.70. The minimum atomic E-state index is 0.290. The molecule has 0 amide bonds. The summed E-state index contributed by atoms with van der Waals surface area (Å²) in [6.45, 7) is 13.6. The van der Waals surface area contributed by atoms with Crippen molar-refractivity contribution in [3.63, 3.8) is 0 Å². The molecule has 0 aliphatic heterocycles. The summed E-state index contributed by atoms with van der Waals surface area (Å²) in [5.74, 6) is 0.290. The van der Waals surface area contributed by atoms with Gasteiger partial charge >= 0.3 is 5.82 Å². The highest BCUT2D eigenvalue weighted by molar-refractivity contribution is 5.27. The number of rotatable bonds is 0. The van der Waals surface area contributed by atoms with Gasteiger partial charge in [-0.1, -0.05) is 12.2 Å². The fourth-order valence-corrected chi connectivity index (χ4v) is 1.28. The first-order valence-corrected chi connectivity index (χ1v) is 4.00. The van der Waals surface area contributed by atoms with Gasteiger partial charge in [0.2, 0.25) is 0 Å². The van der Waals surface area contributed by atoms with Crippen LogP contribution in [0.2, 0.25) is 0 Å². The summed E-state index contributed by atoms with van der Waals surface area (Å²) >= 11 is 0. The Bertz CT molecular complexity index is 269. The van der Waals surface area contributed by atoms with Gasteiger partial charge < -0.3 is 0 Å². The highest BCUT2D eigenvalue weighted by atomic mass is 14.9. The van der Waals surface area contributed by atoms with E-state index in [-0.39, 0.29) is 0 Å². The van der Waals surface area contributed by atoms with Crippen molar-refractivity contribution in [3.05, 3.63) is 46.4 Å². The fourth-order valence-electron chi connectivity index (χ4n) is 1.28. The Balaban J connectivity index is 2.82. The van der Waals surface area contributed by atoms with Gasteiger partial charge in [0.1, 0.15) is 13.1 Å². The highest BCUT2D eigenvalue weighted by Crippen LogP contribution is 2.22. The van der Waals surface area contributed by atoms with Crippen LogP contribution in [0.5, 0.6) is 0 Å². The minimum absolute atomic E-state index is 0.290. The van der Waals surface area contributed by atoms with Gasteiger partial charge in [0, 0.05) is 5.57 Å². The lowest BCUT2D eigenvalue weighted by Gasteiger charge is -1.95. The van der Waals surface area contributed by atoms with E-state index >= 15 is 0 Å². The van der Waals surface area contributed by atoms with E-state index in [9.17, 15) is 0 Å². The lowest BCUT2D eigenvalue weighted by atomic mass is 10.1. The van der Waals surface area contributed by atoms with Gasteiger partial charge in [-0.3, -0.25) is 0 Å². The Hall–Kier alpha value is -1.54. The predicted molar refractivity (Wildman–Crippen MR) is 47.8 cm³/mol. The van der Waals surface area contributed by atoms with Gasteiger partial charge in [-0.25, -0.2) is 0 Å². The summed E-state index contributed by atoms with van der Waals surface area (Å²) in [6, 6.07) is 0. The van der Waals surface area contributed by atoms with Gasteiger partial charge in [-0.2, -0.15) is 9.69 Å². The van der Waals surface area contributed by atoms with Gasteiger partial charge in [0.15, 0.2) is 0 Å². The average molecular weight is 158 g/mol. The van der Waals surface area contributed by atoms with Gasteiger partial charge in [0.25, 0.3) is 0 Å². The number of nitrogens with zero attached hydrogens (tertiary/aromatic N) is 2. The Morgan fingerprint density at radius 2 is 1.58 bits per heavy atom. The van der Waals surface area contributed by atoms with Crippen molar-refractivity contribution >= 4 is 0 Å². The van der Waals surface area contributed by atoms with E-state index in [0.29, 0.717) is 5.82 Å². The molecule has 1 aliphatic rings. The van der Waals surface area contributed by atoms with Crippen LogP contribution >= 0.6 is 0 Å². The first-order valence-electron chi connectivity index (χ1n) is 4.00.